The number of anilines is 2. The summed E-state index contributed by atoms with van der Waals surface area (Å²) in [6.45, 7) is 6.90. The zero-order valence-corrected chi connectivity index (χ0v) is 23.5. The Kier molecular flexibility index (Phi) is 6.40. The quantitative estimate of drug-likeness (QED) is 0.240. The van der Waals surface area contributed by atoms with Gasteiger partial charge in [-0.2, -0.15) is 10.2 Å². The summed E-state index contributed by atoms with van der Waals surface area (Å²) in [7, 11) is 0. The third kappa shape index (κ3) is 4.55. The van der Waals surface area contributed by atoms with E-state index in [1.807, 2.05) is 37.3 Å². The molecule has 0 unspecified atom stereocenters. The lowest BCUT2D eigenvalue weighted by atomic mass is 10.1. The maximum atomic E-state index is 9.83. The van der Waals surface area contributed by atoms with Gasteiger partial charge in [-0.1, -0.05) is 60.2 Å². The van der Waals surface area contributed by atoms with Gasteiger partial charge in [-0.05, 0) is 49.2 Å². The molecule has 7 rings (SSSR count). The van der Waals surface area contributed by atoms with Crippen molar-refractivity contribution in [3.63, 3.8) is 0 Å². The molecule has 0 aliphatic carbocycles. The molecule has 0 N–H and O–H groups in total. The Bertz CT molecular complexity index is 1930. The molecule has 0 amide bonds. The Hall–Kier alpha value is -5.42. The van der Waals surface area contributed by atoms with Crippen molar-refractivity contribution in [3.05, 3.63) is 108 Å². The van der Waals surface area contributed by atoms with Crippen molar-refractivity contribution in [1.29, 1.82) is 5.26 Å². The van der Waals surface area contributed by atoms with E-state index in [0.717, 1.165) is 44.8 Å². The number of piperazine rings is 1. The first-order valence-electron chi connectivity index (χ1n) is 14.1. The van der Waals surface area contributed by atoms with Crippen LogP contribution in [0.15, 0.2) is 95.8 Å². The average Bonchev–Trinajstić information content (AvgIpc) is 3.65. The number of hydrogen-bond acceptors (Lipinski definition) is 7. The van der Waals surface area contributed by atoms with Gasteiger partial charge in [-0.3, -0.25) is 0 Å². The standard InChI is InChI=1S/C34H29N7O/c1-23-11-13-26(14-12-23)33-38-29(20-35)34(42-33)40-17-15-39(16-18-40)31-30-28(25-8-4-3-5-9-25)21-41(32(30)37-22-36-31)27-10-6-7-24(2)19-27/h3-14,19,21-22H,15-18H2,1-2H3. The van der Waals surface area contributed by atoms with Crippen LogP contribution in [-0.4, -0.2) is 45.7 Å². The van der Waals surface area contributed by atoms with Gasteiger partial charge in [0.25, 0.3) is 0 Å². The Morgan fingerprint density at radius 3 is 2.29 bits per heavy atom. The van der Waals surface area contributed by atoms with Gasteiger partial charge in [0.1, 0.15) is 18.2 Å². The number of aromatic nitrogens is 4. The molecule has 8 nitrogen and oxygen atoms in total. The van der Waals surface area contributed by atoms with E-state index in [4.69, 9.17) is 14.4 Å². The topological polar surface area (TPSA) is 87.0 Å². The summed E-state index contributed by atoms with van der Waals surface area (Å²) < 4.78 is 8.33. The minimum Gasteiger partial charge on any atom is -0.419 e. The summed E-state index contributed by atoms with van der Waals surface area (Å²) in [5.41, 5.74) is 7.66. The highest BCUT2D eigenvalue weighted by Crippen LogP contribution is 2.37. The van der Waals surface area contributed by atoms with Crippen LogP contribution in [0, 0.1) is 25.2 Å². The largest absolute Gasteiger partial charge is 0.419 e. The van der Waals surface area contributed by atoms with Crippen molar-refractivity contribution in [3.8, 4) is 34.3 Å². The van der Waals surface area contributed by atoms with Crippen molar-refractivity contribution in [2.45, 2.75) is 13.8 Å². The Morgan fingerprint density at radius 1 is 0.786 bits per heavy atom. The van der Waals surface area contributed by atoms with Crippen LogP contribution in [0.1, 0.15) is 16.8 Å². The fraction of sp³-hybridized carbons (Fsp3) is 0.176. The van der Waals surface area contributed by atoms with Gasteiger partial charge in [0.15, 0.2) is 5.65 Å². The van der Waals surface area contributed by atoms with Crippen LogP contribution in [0.3, 0.4) is 0 Å². The number of nitriles is 1. The fourth-order valence-corrected chi connectivity index (χ4v) is 5.64. The molecule has 4 heterocycles. The highest BCUT2D eigenvalue weighted by atomic mass is 16.4. The van der Waals surface area contributed by atoms with E-state index in [1.54, 1.807) is 6.33 Å². The molecule has 206 valence electrons. The molecule has 1 saturated heterocycles. The molecule has 6 aromatic rings. The fourth-order valence-electron chi connectivity index (χ4n) is 5.64. The third-order valence-electron chi connectivity index (χ3n) is 7.81. The Morgan fingerprint density at radius 2 is 1.55 bits per heavy atom. The van der Waals surface area contributed by atoms with Crippen LogP contribution < -0.4 is 9.80 Å². The SMILES string of the molecule is Cc1ccc(-c2nc(C#N)c(N3CCN(c4ncnc5c4c(-c4ccccc4)cn5-c4cccc(C)c4)CC3)o2)cc1. The number of benzene rings is 3. The monoisotopic (exact) mass is 551 g/mol. The van der Waals surface area contributed by atoms with Crippen LogP contribution in [0.25, 0.3) is 39.3 Å². The van der Waals surface area contributed by atoms with E-state index in [0.29, 0.717) is 43.6 Å². The van der Waals surface area contributed by atoms with Crippen molar-refractivity contribution in [2.75, 3.05) is 36.0 Å². The van der Waals surface area contributed by atoms with E-state index in [-0.39, 0.29) is 0 Å². The third-order valence-corrected chi connectivity index (χ3v) is 7.81. The van der Waals surface area contributed by atoms with Gasteiger partial charge >= 0.3 is 0 Å². The number of rotatable bonds is 5. The smallest absolute Gasteiger partial charge is 0.235 e. The van der Waals surface area contributed by atoms with Gasteiger partial charge in [-0.15, -0.1) is 0 Å². The molecule has 1 fully saturated rings. The van der Waals surface area contributed by atoms with E-state index in [9.17, 15) is 5.26 Å². The lowest BCUT2D eigenvalue weighted by Gasteiger charge is -2.35. The molecule has 8 heteroatoms. The highest BCUT2D eigenvalue weighted by molar-refractivity contribution is 6.02. The molecule has 0 bridgehead atoms. The predicted octanol–water partition coefficient (Wildman–Crippen LogP) is 6.56. The maximum absolute atomic E-state index is 9.83. The molecule has 42 heavy (non-hydrogen) atoms. The summed E-state index contributed by atoms with van der Waals surface area (Å²) in [6, 6.07) is 29.1. The first kappa shape index (κ1) is 25.5. The second kappa shape index (κ2) is 10.5. The lowest BCUT2D eigenvalue weighted by Crippen LogP contribution is -2.47. The van der Waals surface area contributed by atoms with Gasteiger partial charge < -0.3 is 18.8 Å². The molecule has 3 aromatic heterocycles. The predicted molar refractivity (Wildman–Crippen MR) is 165 cm³/mol. The molecule has 0 spiro atoms. The Balaban J connectivity index is 1.23. The minimum absolute atomic E-state index is 0.310. The summed E-state index contributed by atoms with van der Waals surface area (Å²) in [4.78, 5) is 18.5. The number of hydrogen-bond donors (Lipinski definition) is 0. The molecule has 1 aliphatic heterocycles. The van der Waals surface area contributed by atoms with E-state index in [1.165, 1.54) is 5.56 Å². The Labute approximate surface area is 244 Å². The zero-order valence-electron chi connectivity index (χ0n) is 23.5. The van der Waals surface area contributed by atoms with Crippen LogP contribution in [0.2, 0.25) is 0 Å². The summed E-state index contributed by atoms with van der Waals surface area (Å²) in [6.07, 6.45) is 3.83. The molecule has 0 radical (unpaired) electrons. The van der Waals surface area contributed by atoms with Crippen molar-refractivity contribution in [2.24, 2.45) is 0 Å². The molecular formula is C34H29N7O. The molecule has 1 aliphatic rings. The minimum atomic E-state index is 0.310. The summed E-state index contributed by atoms with van der Waals surface area (Å²) in [5, 5.41) is 10.9. The van der Waals surface area contributed by atoms with E-state index >= 15 is 0 Å². The van der Waals surface area contributed by atoms with E-state index in [2.05, 4.69) is 87.1 Å². The molecule has 3 aromatic carbocycles. The summed E-state index contributed by atoms with van der Waals surface area (Å²) >= 11 is 0. The number of aryl methyl sites for hydroxylation is 2. The molecular weight excluding hydrogens is 522 g/mol. The van der Waals surface area contributed by atoms with Crippen molar-refractivity contribution < 1.29 is 4.42 Å². The van der Waals surface area contributed by atoms with Crippen LogP contribution >= 0.6 is 0 Å². The normalized spacial score (nSPS) is 13.5. The lowest BCUT2D eigenvalue weighted by molar-refractivity contribution is 0.530. The zero-order chi connectivity index (χ0) is 28.6. The first-order valence-corrected chi connectivity index (χ1v) is 14.1. The number of oxazole rings is 1. The van der Waals surface area contributed by atoms with Gasteiger partial charge in [-0.25, -0.2) is 9.97 Å². The van der Waals surface area contributed by atoms with Gasteiger partial charge in [0.05, 0.1) is 5.39 Å². The maximum Gasteiger partial charge on any atom is 0.235 e. The molecule has 0 saturated carbocycles. The average molecular weight is 552 g/mol. The van der Waals surface area contributed by atoms with Crippen LogP contribution in [0.4, 0.5) is 11.7 Å². The molecule has 0 atom stereocenters. The highest BCUT2D eigenvalue weighted by Gasteiger charge is 2.27. The number of fused-ring (bicyclic) bond motifs is 1. The van der Waals surface area contributed by atoms with Crippen LogP contribution in [0.5, 0.6) is 0 Å². The van der Waals surface area contributed by atoms with Crippen molar-refractivity contribution >= 4 is 22.7 Å². The van der Waals surface area contributed by atoms with E-state index < -0.39 is 0 Å². The second-order valence-electron chi connectivity index (χ2n) is 10.6. The second-order valence-corrected chi connectivity index (χ2v) is 10.6. The van der Waals surface area contributed by atoms with Gasteiger partial charge in [0.2, 0.25) is 17.5 Å². The van der Waals surface area contributed by atoms with Crippen molar-refractivity contribution in [1.82, 2.24) is 19.5 Å². The summed E-state index contributed by atoms with van der Waals surface area (Å²) in [5.74, 6) is 1.89. The van der Waals surface area contributed by atoms with Crippen LogP contribution in [-0.2, 0) is 0 Å². The van der Waals surface area contributed by atoms with Gasteiger partial charge in [0, 0.05) is 49.2 Å². The first-order chi connectivity index (χ1) is 20.6. The number of nitrogens with zero attached hydrogens (tertiary/aromatic N) is 7.